The molecule has 0 radical (unpaired) electrons. The van der Waals surface area contributed by atoms with E-state index in [9.17, 15) is 9.90 Å². The molecule has 0 spiro atoms. The predicted octanol–water partition coefficient (Wildman–Crippen LogP) is 4.38. The predicted molar refractivity (Wildman–Crippen MR) is 85.6 cm³/mol. The van der Waals surface area contributed by atoms with Crippen LogP contribution in [-0.2, 0) is 4.79 Å². The van der Waals surface area contributed by atoms with Crippen molar-refractivity contribution in [3.05, 3.63) is 33.8 Å². The van der Waals surface area contributed by atoms with Crippen molar-refractivity contribution in [2.24, 2.45) is 11.1 Å². The van der Waals surface area contributed by atoms with Crippen LogP contribution in [-0.4, -0.2) is 11.1 Å². The summed E-state index contributed by atoms with van der Waals surface area (Å²) in [5, 5.41) is 9.95. The Morgan fingerprint density at radius 2 is 1.95 bits per heavy atom. The maximum Gasteiger partial charge on any atom is 0.303 e. The van der Waals surface area contributed by atoms with Gasteiger partial charge in [-0.3, -0.25) is 4.79 Å². The monoisotopic (exact) mass is 309 g/mol. The first-order valence-corrected chi connectivity index (χ1v) is 7.95. The molecule has 1 unspecified atom stereocenters. The summed E-state index contributed by atoms with van der Waals surface area (Å²) >= 11 is 6.14. The van der Waals surface area contributed by atoms with Gasteiger partial charge in [-0.2, -0.15) is 0 Å². The summed E-state index contributed by atoms with van der Waals surface area (Å²) in [7, 11) is 0. The van der Waals surface area contributed by atoms with Gasteiger partial charge in [0.25, 0.3) is 0 Å². The Bertz CT molecular complexity index is 536. The summed E-state index contributed by atoms with van der Waals surface area (Å²) in [4.78, 5) is 11.2. The van der Waals surface area contributed by atoms with Gasteiger partial charge in [0.2, 0.25) is 0 Å². The molecule has 116 valence electrons. The number of halogens is 1. The first-order valence-electron chi connectivity index (χ1n) is 7.57. The lowest BCUT2D eigenvalue weighted by Gasteiger charge is -2.31. The van der Waals surface area contributed by atoms with E-state index in [0.717, 1.165) is 53.8 Å². The zero-order chi connectivity index (χ0) is 15.6. The zero-order valence-corrected chi connectivity index (χ0v) is 13.5. The van der Waals surface area contributed by atoms with E-state index in [0.29, 0.717) is 0 Å². The molecule has 4 heteroatoms. The van der Waals surface area contributed by atoms with E-state index in [1.54, 1.807) is 0 Å². The number of carboxylic acids is 1. The van der Waals surface area contributed by atoms with Gasteiger partial charge in [-0.25, -0.2) is 0 Å². The fourth-order valence-electron chi connectivity index (χ4n) is 3.68. The fraction of sp³-hybridized carbons (Fsp3) is 0.588. The number of benzene rings is 1. The van der Waals surface area contributed by atoms with Crippen LogP contribution in [0, 0.1) is 19.3 Å². The van der Waals surface area contributed by atoms with Gasteiger partial charge in [-0.1, -0.05) is 30.5 Å². The van der Waals surface area contributed by atoms with Crippen LogP contribution in [0.2, 0.25) is 5.02 Å². The SMILES string of the molecule is Cc1cc(C(N)CC2(CC(=O)O)CCCC2)c(C)cc1Cl. The van der Waals surface area contributed by atoms with Crippen LogP contribution in [0.25, 0.3) is 0 Å². The average molecular weight is 310 g/mol. The molecule has 1 fully saturated rings. The summed E-state index contributed by atoms with van der Waals surface area (Å²) in [6, 6.07) is 3.87. The van der Waals surface area contributed by atoms with E-state index in [1.807, 2.05) is 26.0 Å². The molecule has 0 amide bonds. The normalized spacial score (nSPS) is 18.7. The van der Waals surface area contributed by atoms with E-state index < -0.39 is 5.97 Å². The highest BCUT2D eigenvalue weighted by Crippen LogP contribution is 2.47. The molecule has 1 aliphatic rings. The molecule has 0 heterocycles. The van der Waals surface area contributed by atoms with Crippen molar-refractivity contribution in [2.45, 2.75) is 58.4 Å². The largest absolute Gasteiger partial charge is 0.481 e. The van der Waals surface area contributed by atoms with Gasteiger partial charge >= 0.3 is 5.97 Å². The molecule has 1 aliphatic carbocycles. The third-order valence-corrected chi connectivity index (χ3v) is 5.20. The molecular formula is C17H24ClNO2. The molecule has 0 saturated heterocycles. The van der Waals surface area contributed by atoms with Gasteiger partial charge in [0.1, 0.15) is 0 Å². The van der Waals surface area contributed by atoms with Crippen LogP contribution in [0.3, 0.4) is 0 Å². The Labute approximate surface area is 131 Å². The Kier molecular flexibility index (Phi) is 4.95. The molecule has 1 aromatic carbocycles. The van der Waals surface area contributed by atoms with Gasteiger partial charge in [0, 0.05) is 11.1 Å². The van der Waals surface area contributed by atoms with Gasteiger partial charge < -0.3 is 10.8 Å². The second-order valence-electron chi connectivity index (χ2n) is 6.55. The van der Waals surface area contributed by atoms with Gasteiger partial charge in [-0.05, 0) is 61.3 Å². The van der Waals surface area contributed by atoms with Crippen molar-refractivity contribution in [3.63, 3.8) is 0 Å². The Balaban J connectivity index is 2.21. The first-order chi connectivity index (χ1) is 9.83. The van der Waals surface area contributed by atoms with Crippen molar-refractivity contribution >= 4 is 17.6 Å². The lowest BCUT2D eigenvalue weighted by atomic mass is 9.75. The van der Waals surface area contributed by atoms with Crippen molar-refractivity contribution in [1.82, 2.24) is 0 Å². The first kappa shape index (κ1) is 16.3. The highest BCUT2D eigenvalue weighted by Gasteiger charge is 2.37. The summed E-state index contributed by atoms with van der Waals surface area (Å²) in [6.07, 6.45) is 5.13. The standard InChI is InChI=1S/C17H24ClNO2/c1-11-8-14(18)12(2)7-13(11)15(19)9-17(10-16(20)21)5-3-4-6-17/h7-8,15H,3-6,9-10,19H2,1-2H3,(H,20,21). The quantitative estimate of drug-likeness (QED) is 0.848. The number of aryl methyl sites for hydroxylation is 2. The number of carboxylic acid groups (broad SMARTS) is 1. The molecule has 1 atom stereocenters. The molecule has 3 nitrogen and oxygen atoms in total. The number of rotatable bonds is 5. The van der Waals surface area contributed by atoms with Crippen molar-refractivity contribution < 1.29 is 9.90 Å². The number of carbonyl (C=O) groups is 1. The lowest BCUT2D eigenvalue weighted by Crippen LogP contribution is -2.27. The van der Waals surface area contributed by atoms with Crippen molar-refractivity contribution in [3.8, 4) is 0 Å². The van der Waals surface area contributed by atoms with Gasteiger partial charge in [0.15, 0.2) is 0 Å². The van der Waals surface area contributed by atoms with Gasteiger partial charge in [0.05, 0.1) is 6.42 Å². The van der Waals surface area contributed by atoms with Crippen LogP contribution >= 0.6 is 11.6 Å². The Morgan fingerprint density at radius 1 is 1.33 bits per heavy atom. The third kappa shape index (κ3) is 3.78. The minimum atomic E-state index is -0.715. The number of hydrogen-bond donors (Lipinski definition) is 2. The summed E-state index contributed by atoms with van der Waals surface area (Å²) in [6.45, 7) is 3.99. The van der Waals surface area contributed by atoms with E-state index in [2.05, 4.69) is 0 Å². The molecular weight excluding hydrogens is 286 g/mol. The smallest absolute Gasteiger partial charge is 0.303 e. The highest BCUT2D eigenvalue weighted by molar-refractivity contribution is 6.31. The lowest BCUT2D eigenvalue weighted by molar-refractivity contribution is -0.139. The Morgan fingerprint density at radius 3 is 2.52 bits per heavy atom. The van der Waals surface area contributed by atoms with Gasteiger partial charge in [-0.15, -0.1) is 0 Å². The average Bonchev–Trinajstić information content (AvgIpc) is 2.80. The van der Waals surface area contributed by atoms with E-state index >= 15 is 0 Å². The minimum absolute atomic E-state index is 0.126. The van der Waals surface area contributed by atoms with Crippen LogP contribution in [0.4, 0.5) is 0 Å². The second-order valence-corrected chi connectivity index (χ2v) is 6.95. The molecule has 21 heavy (non-hydrogen) atoms. The van der Waals surface area contributed by atoms with Crippen LogP contribution in [0.15, 0.2) is 12.1 Å². The molecule has 2 rings (SSSR count). The number of hydrogen-bond acceptors (Lipinski definition) is 2. The minimum Gasteiger partial charge on any atom is -0.481 e. The van der Waals surface area contributed by atoms with Crippen molar-refractivity contribution in [2.75, 3.05) is 0 Å². The molecule has 1 aromatic rings. The third-order valence-electron chi connectivity index (χ3n) is 4.79. The highest BCUT2D eigenvalue weighted by atomic mass is 35.5. The van der Waals surface area contributed by atoms with Crippen molar-refractivity contribution in [1.29, 1.82) is 0 Å². The molecule has 3 N–H and O–H groups in total. The summed E-state index contributed by atoms with van der Waals surface area (Å²) in [5.41, 5.74) is 9.48. The van der Waals surface area contributed by atoms with E-state index in [1.165, 1.54) is 0 Å². The second kappa shape index (κ2) is 6.37. The molecule has 1 saturated carbocycles. The molecule has 0 bridgehead atoms. The summed E-state index contributed by atoms with van der Waals surface area (Å²) < 4.78 is 0. The van der Waals surface area contributed by atoms with E-state index in [-0.39, 0.29) is 17.9 Å². The van der Waals surface area contributed by atoms with Crippen LogP contribution in [0.1, 0.15) is 61.3 Å². The Hall–Kier alpha value is -1.06. The maximum absolute atomic E-state index is 11.2. The number of aliphatic carboxylic acids is 1. The summed E-state index contributed by atoms with van der Waals surface area (Å²) in [5.74, 6) is -0.715. The fourth-order valence-corrected chi connectivity index (χ4v) is 3.90. The van der Waals surface area contributed by atoms with Crippen LogP contribution in [0.5, 0.6) is 0 Å². The van der Waals surface area contributed by atoms with Crippen LogP contribution < -0.4 is 5.73 Å². The topological polar surface area (TPSA) is 63.3 Å². The number of nitrogens with two attached hydrogens (primary N) is 1. The molecule has 0 aromatic heterocycles. The molecule has 0 aliphatic heterocycles. The zero-order valence-electron chi connectivity index (χ0n) is 12.8. The maximum atomic E-state index is 11.2. The van der Waals surface area contributed by atoms with E-state index in [4.69, 9.17) is 17.3 Å².